The minimum Gasteiger partial charge on any atom is -0.381 e. The van der Waals surface area contributed by atoms with Crippen LogP contribution in [0.2, 0.25) is 0 Å². The van der Waals surface area contributed by atoms with Crippen molar-refractivity contribution in [2.24, 2.45) is 28.7 Å². The first-order valence-corrected chi connectivity index (χ1v) is 11.3. The smallest absolute Gasteiger partial charge is 0.233 e. The van der Waals surface area contributed by atoms with Crippen LogP contribution in [0.15, 0.2) is 47.5 Å². The summed E-state index contributed by atoms with van der Waals surface area (Å²) in [5, 5.41) is 6.45. The van der Waals surface area contributed by atoms with E-state index in [9.17, 15) is 9.59 Å². The van der Waals surface area contributed by atoms with Gasteiger partial charge in [-0.25, -0.2) is 0 Å². The van der Waals surface area contributed by atoms with E-state index in [2.05, 4.69) is 39.9 Å². The van der Waals surface area contributed by atoms with Gasteiger partial charge < -0.3 is 15.4 Å². The van der Waals surface area contributed by atoms with Crippen LogP contribution in [-0.4, -0.2) is 62.6 Å². The molecule has 7 nitrogen and oxygen atoms in total. The van der Waals surface area contributed by atoms with Crippen molar-refractivity contribution in [3.8, 4) is 0 Å². The Morgan fingerprint density at radius 1 is 1.03 bits per heavy atom. The van der Waals surface area contributed by atoms with Crippen LogP contribution < -0.4 is 10.6 Å². The third-order valence-corrected chi connectivity index (χ3v) is 6.55. The molecule has 2 aliphatic carbocycles. The number of hydrogen-bond acceptors (Lipinski definition) is 4. The Bertz CT molecular complexity index is 808. The van der Waals surface area contributed by atoms with Gasteiger partial charge in [0.1, 0.15) is 0 Å². The van der Waals surface area contributed by atoms with Gasteiger partial charge >= 0.3 is 0 Å². The number of nitrogens with one attached hydrogen (secondary N) is 2. The number of ether oxygens (including phenoxy) is 1. The Morgan fingerprint density at radius 2 is 1.71 bits per heavy atom. The van der Waals surface area contributed by atoms with Crippen LogP contribution in [-0.2, 0) is 20.7 Å². The van der Waals surface area contributed by atoms with Crippen molar-refractivity contribution in [2.45, 2.75) is 19.3 Å². The zero-order valence-corrected chi connectivity index (χ0v) is 18.1. The number of hydrogen-bond donors (Lipinski definition) is 2. The molecule has 2 N–H and O–H groups in total. The van der Waals surface area contributed by atoms with Gasteiger partial charge in [-0.1, -0.05) is 42.5 Å². The molecule has 4 atom stereocenters. The second kappa shape index (κ2) is 10.1. The van der Waals surface area contributed by atoms with E-state index in [0.717, 1.165) is 25.8 Å². The third kappa shape index (κ3) is 4.82. The molecule has 4 rings (SSSR count). The summed E-state index contributed by atoms with van der Waals surface area (Å²) in [7, 11) is 1.71. The van der Waals surface area contributed by atoms with Crippen LogP contribution in [0.5, 0.6) is 0 Å². The predicted molar refractivity (Wildman–Crippen MR) is 119 cm³/mol. The Balaban J connectivity index is 1.09. The summed E-state index contributed by atoms with van der Waals surface area (Å²) in [6.07, 6.45) is 7.00. The number of amides is 2. The van der Waals surface area contributed by atoms with E-state index in [1.165, 1.54) is 10.5 Å². The number of nitrogens with zero attached hydrogens (tertiary/aromatic N) is 2. The van der Waals surface area contributed by atoms with Crippen LogP contribution in [0.3, 0.4) is 0 Å². The average molecular weight is 425 g/mol. The fraction of sp³-hybridized carbons (Fsp3) is 0.542. The maximum atomic E-state index is 12.7. The molecule has 1 aliphatic heterocycles. The van der Waals surface area contributed by atoms with Gasteiger partial charge in [-0.05, 0) is 36.7 Å². The van der Waals surface area contributed by atoms with Crippen molar-refractivity contribution in [1.29, 1.82) is 0 Å². The molecule has 7 heteroatoms. The lowest BCUT2D eigenvalue weighted by atomic mass is 9.85. The van der Waals surface area contributed by atoms with Crippen molar-refractivity contribution >= 4 is 17.8 Å². The van der Waals surface area contributed by atoms with Gasteiger partial charge in [0.05, 0.1) is 18.4 Å². The zero-order chi connectivity index (χ0) is 21.6. The fourth-order valence-electron chi connectivity index (χ4n) is 5.01. The zero-order valence-electron chi connectivity index (χ0n) is 18.1. The van der Waals surface area contributed by atoms with Crippen LogP contribution >= 0.6 is 0 Å². The van der Waals surface area contributed by atoms with E-state index in [0.29, 0.717) is 32.3 Å². The Hall–Kier alpha value is -2.67. The van der Waals surface area contributed by atoms with Gasteiger partial charge in [0.2, 0.25) is 11.8 Å². The van der Waals surface area contributed by atoms with Gasteiger partial charge in [-0.2, -0.15) is 0 Å². The number of aliphatic imine (C=N–C) groups is 1. The molecule has 2 amide bonds. The summed E-state index contributed by atoms with van der Waals surface area (Å²) in [5.74, 6) is 0.949. The number of allylic oxidation sites excluding steroid dienone is 2. The normalized spacial score (nSPS) is 26.6. The topological polar surface area (TPSA) is 83.0 Å². The molecule has 1 aromatic rings. The number of carbonyl (C=O) groups is 2. The first-order chi connectivity index (χ1) is 15.2. The molecule has 31 heavy (non-hydrogen) atoms. The van der Waals surface area contributed by atoms with Crippen molar-refractivity contribution in [3.05, 3.63) is 48.0 Å². The molecule has 0 spiro atoms. The van der Waals surface area contributed by atoms with Crippen LogP contribution in [0.25, 0.3) is 0 Å². The molecule has 1 saturated heterocycles. The number of fused-ring (bicyclic) bond motifs is 5. The standard InChI is InChI=1S/C24H32N4O3/c1-25-24(26-11-5-14-31-15-10-17-6-3-2-4-7-17)27-12-13-28-22(29)20-18-8-9-19(16-18)21(20)23(28)30/h2-4,6-9,18-21H,5,10-16H2,1H3,(H2,25,26,27). The molecular formula is C24H32N4O3. The highest BCUT2D eigenvalue weighted by Crippen LogP contribution is 2.52. The van der Waals surface area contributed by atoms with E-state index in [4.69, 9.17) is 4.74 Å². The number of guanidine groups is 1. The molecule has 1 saturated carbocycles. The summed E-state index contributed by atoms with van der Waals surface area (Å²) in [6.45, 7) is 3.02. The second-order valence-corrected chi connectivity index (χ2v) is 8.46. The van der Waals surface area contributed by atoms with Crippen LogP contribution in [0, 0.1) is 23.7 Å². The Kier molecular flexibility index (Phi) is 7.02. The van der Waals surface area contributed by atoms with Gasteiger partial charge in [-0.15, -0.1) is 0 Å². The van der Waals surface area contributed by atoms with Gasteiger partial charge in [0, 0.05) is 33.3 Å². The predicted octanol–water partition coefficient (Wildman–Crippen LogP) is 1.61. The molecular weight excluding hydrogens is 392 g/mol. The molecule has 1 heterocycles. The van der Waals surface area contributed by atoms with Crippen molar-refractivity contribution in [2.75, 3.05) is 39.9 Å². The molecule has 166 valence electrons. The van der Waals surface area contributed by atoms with E-state index in [1.807, 2.05) is 18.2 Å². The quantitative estimate of drug-likeness (QED) is 0.196. The highest BCUT2D eigenvalue weighted by Gasteiger charge is 2.58. The van der Waals surface area contributed by atoms with Crippen LogP contribution in [0.4, 0.5) is 0 Å². The first kappa shape index (κ1) is 21.6. The SMILES string of the molecule is CN=C(NCCCOCCc1ccccc1)NCCN1C(=O)C2C3C=CC(C3)C2C1=O. The summed E-state index contributed by atoms with van der Waals surface area (Å²) in [4.78, 5) is 31.1. The van der Waals surface area contributed by atoms with Crippen molar-refractivity contribution in [1.82, 2.24) is 15.5 Å². The minimum atomic E-state index is -0.123. The first-order valence-electron chi connectivity index (χ1n) is 11.3. The van der Waals surface area contributed by atoms with Gasteiger partial charge in [0.15, 0.2) is 5.96 Å². The van der Waals surface area contributed by atoms with Gasteiger partial charge in [0.25, 0.3) is 0 Å². The van der Waals surface area contributed by atoms with Crippen molar-refractivity contribution in [3.63, 3.8) is 0 Å². The van der Waals surface area contributed by atoms with E-state index >= 15 is 0 Å². The summed E-state index contributed by atoms with van der Waals surface area (Å²) >= 11 is 0. The van der Waals surface area contributed by atoms with E-state index in [-0.39, 0.29) is 35.5 Å². The second-order valence-electron chi connectivity index (χ2n) is 8.46. The molecule has 0 aromatic heterocycles. The molecule has 1 aromatic carbocycles. The fourth-order valence-corrected chi connectivity index (χ4v) is 5.01. The highest BCUT2D eigenvalue weighted by molar-refractivity contribution is 6.06. The van der Waals surface area contributed by atoms with Gasteiger partial charge in [-0.3, -0.25) is 19.5 Å². The lowest BCUT2D eigenvalue weighted by Gasteiger charge is -2.18. The average Bonchev–Trinajstić information content (AvgIpc) is 3.47. The maximum Gasteiger partial charge on any atom is 0.233 e. The van der Waals surface area contributed by atoms with Crippen molar-refractivity contribution < 1.29 is 14.3 Å². The van der Waals surface area contributed by atoms with E-state index in [1.54, 1.807) is 7.05 Å². The molecule has 2 fully saturated rings. The number of carbonyl (C=O) groups excluding carboxylic acids is 2. The third-order valence-electron chi connectivity index (χ3n) is 6.55. The monoisotopic (exact) mass is 424 g/mol. The number of rotatable bonds is 10. The van der Waals surface area contributed by atoms with E-state index < -0.39 is 0 Å². The molecule has 4 unspecified atom stereocenters. The Labute approximate surface area is 183 Å². The lowest BCUT2D eigenvalue weighted by Crippen LogP contribution is -2.44. The number of benzene rings is 1. The number of likely N-dealkylation sites (tertiary alicyclic amines) is 1. The highest BCUT2D eigenvalue weighted by atomic mass is 16.5. The summed E-state index contributed by atoms with van der Waals surface area (Å²) < 4.78 is 5.70. The Morgan fingerprint density at radius 3 is 2.39 bits per heavy atom. The molecule has 2 bridgehead atoms. The maximum absolute atomic E-state index is 12.7. The minimum absolute atomic E-state index is 0.00393. The lowest BCUT2D eigenvalue weighted by molar-refractivity contribution is -0.140. The summed E-state index contributed by atoms with van der Waals surface area (Å²) in [6, 6.07) is 10.3. The number of imide groups is 1. The summed E-state index contributed by atoms with van der Waals surface area (Å²) in [5.41, 5.74) is 1.28. The molecule has 0 radical (unpaired) electrons. The molecule has 3 aliphatic rings. The van der Waals surface area contributed by atoms with Crippen LogP contribution in [0.1, 0.15) is 18.4 Å². The largest absolute Gasteiger partial charge is 0.381 e.